The Morgan fingerprint density at radius 3 is 1.40 bits per heavy atom. The maximum atomic E-state index is 7.95. The van der Waals surface area contributed by atoms with E-state index in [0.29, 0.717) is 6.61 Å². The molecular formula is C2H10O6P2. The molecule has 0 aromatic heterocycles. The van der Waals surface area contributed by atoms with E-state index in [2.05, 4.69) is 4.52 Å². The van der Waals surface area contributed by atoms with Crippen molar-refractivity contribution in [2.45, 2.75) is 6.92 Å². The van der Waals surface area contributed by atoms with Gasteiger partial charge in [-0.3, -0.25) is 0 Å². The Morgan fingerprint density at radius 1 is 1.10 bits per heavy atom. The second kappa shape index (κ2) is 9.62. The normalized spacial score (nSPS) is 9.60. The van der Waals surface area contributed by atoms with Gasteiger partial charge in [0, 0.05) is 0 Å². The molecule has 0 aliphatic rings. The van der Waals surface area contributed by atoms with Crippen molar-refractivity contribution in [3.63, 3.8) is 0 Å². The Morgan fingerprint density at radius 2 is 1.40 bits per heavy atom. The number of rotatable bonds is 2. The van der Waals surface area contributed by atoms with Crippen LogP contribution in [-0.2, 0) is 4.52 Å². The molecule has 0 aromatic carbocycles. The molecule has 0 aromatic rings. The zero-order valence-corrected chi connectivity index (χ0v) is 7.03. The third-order valence-corrected chi connectivity index (χ3v) is 0.734. The molecule has 0 radical (unpaired) electrons. The van der Waals surface area contributed by atoms with E-state index < -0.39 is 17.2 Å². The smallest absolute Gasteiger partial charge is 0.327 e. The lowest BCUT2D eigenvalue weighted by molar-refractivity contribution is 0.269. The number of hydrogen-bond donors (Lipinski definition) is 5. The maximum absolute atomic E-state index is 7.95. The Kier molecular flexibility index (Phi) is 12.7. The predicted molar refractivity (Wildman–Crippen MR) is 36.6 cm³/mol. The first kappa shape index (κ1) is 13.2. The van der Waals surface area contributed by atoms with Gasteiger partial charge in [0.15, 0.2) is 0 Å². The monoisotopic (exact) mass is 192 g/mol. The van der Waals surface area contributed by atoms with E-state index in [1.165, 1.54) is 0 Å². The summed E-state index contributed by atoms with van der Waals surface area (Å²) in [6.07, 6.45) is 0. The van der Waals surface area contributed by atoms with Crippen molar-refractivity contribution < 1.29 is 29.0 Å². The van der Waals surface area contributed by atoms with Crippen molar-refractivity contribution >= 4 is 17.2 Å². The van der Waals surface area contributed by atoms with Gasteiger partial charge < -0.3 is 29.0 Å². The van der Waals surface area contributed by atoms with Crippen LogP contribution in [-0.4, -0.2) is 31.1 Å². The Hall–Kier alpha value is 0.620. The fourth-order valence-electron chi connectivity index (χ4n) is 0.115. The summed E-state index contributed by atoms with van der Waals surface area (Å²) in [4.78, 5) is 37.6. The highest BCUT2D eigenvalue weighted by atomic mass is 31.2. The average molecular weight is 192 g/mol. The van der Waals surface area contributed by atoms with Gasteiger partial charge in [0.1, 0.15) is 0 Å². The summed E-state index contributed by atoms with van der Waals surface area (Å²) in [5, 5.41) is 0. The van der Waals surface area contributed by atoms with E-state index in [0.717, 1.165) is 0 Å². The van der Waals surface area contributed by atoms with Crippen molar-refractivity contribution in [2.75, 3.05) is 6.61 Å². The first-order valence-corrected chi connectivity index (χ1v) is 4.54. The molecular weight excluding hydrogens is 182 g/mol. The van der Waals surface area contributed by atoms with E-state index in [-0.39, 0.29) is 0 Å². The van der Waals surface area contributed by atoms with Crippen molar-refractivity contribution in [3.05, 3.63) is 0 Å². The van der Waals surface area contributed by atoms with Gasteiger partial charge in [-0.25, -0.2) is 0 Å². The summed E-state index contributed by atoms with van der Waals surface area (Å²) >= 11 is 0. The van der Waals surface area contributed by atoms with Gasteiger partial charge in [0.25, 0.3) is 0 Å². The molecule has 0 unspecified atom stereocenters. The molecule has 0 bridgehead atoms. The first-order valence-electron chi connectivity index (χ1n) is 2.18. The fourth-order valence-corrected chi connectivity index (χ4v) is 0.346. The topological polar surface area (TPSA) is 110 Å². The second-order valence-electron chi connectivity index (χ2n) is 0.939. The summed E-state index contributed by atoms with van der Waals surface area (Å²) < 4.78 is 4.22. The molecule has 0 heterocycles. The third-order valence-electron chi connectivity index (χ3n) is 0.245. The van der Waals surface area contributed by atoms with Gasteiger partial charge in [0.05, 0.1) is 6.61 Å². The largest absolute Gasteiger partial charge is 0.328 e. The standard InChI is InChI=1S/C2H7O3P.H3O3P/c1-2-5-6(3)4;1-4(2)3/h3-4H,2H2,1H3;1-3H. The summed E-state index contributed by atoms with van der Waals surface area (Å²) in [6, 6.07) is 0. The molecule has 0 rings (SSSR count). The van der Waals surface area contributed by atoms with Crippen LogP contribution in [0.5, 0.6) is 0 Å². The molecule has 0 aliphatic heterocycles. The minimum atomic E-state index is -2.62. The van der Waals surface area contributed by atoms with Crippen LogP contribution in [0, 0.1) is 0 Å². The van der Waals surface area contributed by atoms with Gasteiger partial charge in [0.2, 0.25) is 0 Å². The molecule has 0 atom stereocenters. The highest BCUT2D eigenvalue weighted by Gasteiger charge is 1.91. The summed E-state index contributed by atoms with van der Waals surface area (Å²) in [7, 11) is -4.72. The van der Waals surface area contributed by atoms with Gasteiger partial charge >= 0.3 is 17.2 Å². The Labute approximate surface area is 60.7 Å². The van der Waals surface area contributed by atoms with Gasteiger partial charge in [-0.05, 0) is 6.92 Å². The lowest BCUT2D eigenvalue weighted by atomic mass is 10.9. The quantitative estimate of drug-likeness (QED) is 0.374. The predicted octanol–water partition coefficient (Wildman–Crippen LogP) is -0.575. The van der Waals surface area contributed by atoms with Gasteiger partial charge in [-0.1, -0.05) is 0 Å². The van der Waals surface area contributed by atoms with Crippen molar-refractivity contribution in [1.29, 1.82) is 0 Å². The van der Waals surface area contributed by atoms with Crippen LogP contribution in [0.1, 0.15) is 6.92 Å². The van der Waals surface area contributed by atoms with E-state index in [1.54, 1.807) is 6.92 Å². The molecule has 0 fully saturated rings. The SMILES string of the molecule is CCOP(O)O.OP(O)O. The molecule has 0 amide bonds. The van der Waals surface area contributed by atoms with Crippen LogP contribution in [0.25, 0.3) is 0 Å². The average Bonchev–Trinajstić information content (AvgIpc) is 1.62. The van der Waals surface area contributed by atoms with Crippen LogP contribution in [0.15, 0.2) is 0 Å². The molecule has 0 spiro atoms. The van der Waals surface area contributed by atoms with Crippen molar-refractivity contribution in [2.24, 2.45) is 0 Å². The van der Waals surface area contributed by atoms with Crippen LogP contribution in [0.2, 0.25) is 0 Å². The minimum Gasteiger partial charge on any atom is -0.328 e. The minimum absolute atomic E-state index is 0.360. The van der Waals surface area contributed by atoms with Gasteiger partial charge in [-0.15, -0.1) is 0 Å². The Balaban J connectivity index is 0. The van der Waals surface area contributed by atoms with Crippen LogP contribution < -0.4 is 0 Å². The van der Waals surface area contributed by atoms with E-state index in [9.17, 15) is 0 Å². The van der Waals surface area contributed by atoms with Crippen molar-refractivity contribution in [3.8, 4) is 0 Å². The number of hydrogen-bond acceptors (Lipinski definition) is 6. The van der Waals surface area contributed by atoms with E-state index in [4.69, 9.17) is 24.5 Å². The molecule has 8 heteroatoms. The van der Waals surface area contributed by atoms with Crippen LogP contribution in [0.3, 0.4) is 0 Å². The molecule has 0 aliphatic carbocycles. The van der Waals surface area contributed by atoms with E-state index >= 15 is 0 Å². The molecule has 64 valence electrons. The van der Waals surface area contributed by atoms with Gasteiger partial charge in [-0.2, -0.15) is 0 Å². The molecule has 0 saturated heterocycles. The van der Waals surface area contributed by atoms with E-state index in [1.807, 2.05) is 0 Å². The summed E-state index contributed by atoms with van der Waals surface area (Å²) in [6.45, 7) is 2.06. The van der Waals surface area contributed by atoms with Crippen LogP contribution >= 0.6 is 17.2 Å². The second-order valence-corrected chi connectivity index (χ2v) is 2.24. The lowest BCUT2D eigenvalue weighted by Gasteiger charge is -1.95. The lowest BCUT2D eigenvalue weighted by Crippen LogP contribution is -1.78. The molecule has 6 nitrogen and oxygen atoms in total. The summed E-state index contributed by atoms with van der Waals surface area (Å²) in [5.74, 6) is 0. The maximum Gasteiger partial charge on any atom is 0.327 e. The summed E-state index contributed by atoms with van der Waals surface area (Å²) in [5.41, 5.74) is 0. The Bertz CT molecular complexity index is 55.0. The zero-order valence-electron chi connectivity index (χ0n) is 5.25. The molecule has 0 saturated carbocycles. The highest BCUT2D eigenvalue weighted by molar-refractivity contribution is 7.39. The van der Waals surface area contributed by atoms with Crippen LogP contribution in [0.4, 0.5) is 0 Å². The van der Waals surface area contributed by atoms with Crippen molar-refractivity contribution in [1.82, 2.24) is 0 Å². The zero-order chi connectivity index (χ0) is 8.57. The fraction of sp³-hybridized carbons (Fsp3) is 1.00. The third kappa shape index (κ3) is 38.2. The molecule has 10 heavy (non-hydrogen) atoms. The molecule has 5 N–H and O–H groups in total. The highest BCUT2D eigenvalue weighted by Crippen LogP contribution is 2.22. The first-order chi connectivity index (χ1) is 4.50.